The molecule has 1 aliphatic carbocycles. The number of rotatable bonds is 5. The molecule has 1 aliphatic rings. The molecule has 0 spiro atoms. The lowest BCUT2D eigenvalue weighted by atomic mass is 9.94. The number of carboxylic acid groups (broad SMARTS) is 1. The zero-order chi connectivity index (χ0) is 13.1. The molecule has 4 N–H and O–H groups in total. The van der Waals surface area contributed by atoms with Gasteiger partial charge in [0.05, 0.1) is 11.5 Å². The van der Waals surface area contributed by atoms with E-state index in [1.165, 1.54) is 0 Å². The minimum Gasteiger partial charge on any atom is -0.481 e. The Labute approximate surface area is 102 Å². The summed E-state index contributed by atoms with van der Waals surface area (Å²) in [5.41, 5.74) is 5.20. The van der Waals surface area contributed by atoms with Gasteiger partial charge < -0.3 is 16.2 Å². The van der Waals surface area contributed by atoms with Crippen molar-refractivity contribution in [3.8, 4) is 0 Å². The van der Waals surface area contributed by atoms with Gasteiger partial charge in [-0.05, 0) is 18.8 Å². The van der Waals surface area contributed by atoms with E-state index in [4.69, 9.17) is 10.8 Å². The van der Waals surface area contributed by atoms with E-state index < -0.39 is 17.4 Å². The highest BCUT2D eigenvalue weighted by atomic mass is 16.4. The Hall–Kier alpha value is -1.10. The van der Waals surface area contributed by atoms with E-state index in [1.54, 1.807) is 0 Å². The average molecular weight is 242 g/mol. The molecule has 1 rings (SSSR count). The third kappa shape index (κ3) is 3.43. The molecule has 0 aromatic rings. The largest absolute Gasteiger partial charge is 0.481 e. The molecule has 5 nitrogen and oxygen atoms in total. The minimum absolute atomic E-state index is 0.00916. The van der Waals surface area contributed by atoms with Crippen LogP contribution in [-0.4, -0.2) is 29.1 Å². The Morgan fingerprint density at radius 2 is 1.88 bits per heavy atom. The Morgan fingerprint density at radius 3 is 2.29 bits per heavy atom. The first-order chi connectivity index (χ1) is 7.87. The highest BCUT2D eigenvalue weighted by molar-refractivity contribution is 5.86. The van der Waals surface area contributed by atoms with Crippen LogP contribution in [0.1, 0.15) is 39.5 Å². The van der Waals surface area contributed by atoms with Crippen molar-refractivity contribution in [1.29, 1.82) is 0 Å². The number of carbonyl (C=O) groups is 2. The zero-order valence-electron chi connectivity index (χ0n) is 10.5. The third-order valence-corrected chi connectivity index (χ3v) is 3.55. The van der Waals surface area contributed by atoms with Crippen LogP contribution in [0, 0.1) is 11.8 Å². The summed E-state index contributed by atoms with van der Waals surface area (Å²) in [6.45, 7) is 3.82. The summed E-state index contributed by atoms with van der Waals surface area (Å²) < 4.78 is 0. The van der Waals surface area contributed by atoms with Crippen molar-refractivity contribution in [2.24, 2.45) is 17.6 Å². The molecule has 1 saturated carbocycles. The first-order valence-corrected chi connectivity index (χ1v) is 6.17. The van der Waals surface area contributed by atoms with Crippen LogP contribution in [0.2, 0.25) is 0 Å². The number of carbonyl (C=O) groups excluding carboxylic acids is 1. The van der Waals surface area contributed by atoms with Gasteiger partial charge in [-0.2, -0.15) is 0 Å². The molecule has 98 valence electrons. The molecule has 5 heteroatoms. The van der Waals surface area contributed by atoms with E-state index in [1.807, 2.05) is 13.8 Å². The van der Waals surface area contributed by atoms with Crippen molar-refractivity contribution in [2.75, 3.05) is 6.54 Å². The number of nitrogens with two attached hydrogens (primary N) is 1. The van der Waals surface area contributed by atoms with Crippen LogP contribution >= 0.6 is 0 Å². The van der Waals surface area contributed by atoms with Crippen molar-refractivity contribution in [2.45, 2.75) is 45.1 Å². The minimum atomic E-state index is -0.877. The smallest absolute Gasteiger partial charge is 0.308 e. The topological polar surface area (TPSA) is 92.4 Å². The second-order valence-corrected chi connectivity index (χ2v) is 5.26. The van der Waals surface area contributed by atoms with Gasteiger partial charge in [0.2, 0.25) is 5.91 Å². The van der Waals surface area contributed by atoms with E-state index in [2.05, 4.69) is 5.32 Å². The summed E-state index contributed by atoms with van der Waals surface area (Å²) in [6, 6.07) is 0. The van der Waals surface area contributed by atoms with Crippen LogP contribution in [0.3, 0.4) is 0 Å². The van der Waals surface area contributed by atoms with Crippen molar-refractivity contribution < 1.29 is 14.7 Å². The first kappa shape index (κ1) is 14.0. The summed E-state index contributed by atoms with van der Waals surface area (Å²) >= 11 is 0. The van der Waals surface area contributed by atoms with Crippen LogP contribution in [0.4, 0.5) is 0 Å². The molecule has 0 radical (unpaired) electrons. The lowest BCUT2D eigenvalue weighted by Gasteiger charge is -2.24. The number of carboxylic acids is 1. The molecule has 0 bridgehead atoms. The fraction of sp³-hybridized carbons (Fsp3) is 0.833. The molecule has 0 aliphatic heterocycles. The Balaban J connectivity index is 2.49. The zero-order valence-corrected chi connectivity index (χ0v) is 10.5. The second kappa shape index (κ2) is 5.49. The van der Waals surface area contributed by atoms with Crippen molar-refractivity contribution in [1.82, 2.24) is 5.32 Å². The van der Waals surface area contributed by atoms with Crippen LogP contribution in [0.25, 0.3) is 0 Å². The molecule has 0 saturated heterocycles. The predicted octanol–water partition coefficient (Wildman–Crippen LogP) is 0.731. The standard InChI is InChI=1S/C12H22N2O3/c1-8(2)9(10(15)16)7-14-11(17)12(13)5-3-4-6-12/h8-9H,3-7,13H2,1-2H3,(H,14,17)(H,15,16). The number of hydrogen-bond acceptors (Lipinski definition) is 3. The van der Waals surface area contributed by atoms with Gasteiger partial charge in [-0.25, -0.2) is 0 Å². The Morgan fingerprint density at radius 1 is 1.35 bits per heavy atom. The molecule has 0 heterocycles. The maximum Gasteiger partial charge on any atom is 0.308 e. The second-order valence-electron chi connectivity index (χ2n) is 5.26. The predicted molar refractivity (Wildman–Crippen MR) is 64.4 cm³/mol. The maximum atomic E-state index is 11.9. The summed E-state index contributed by atoms with van der Waals surface area (Å²) in [5.74, 6) is -1.64. The van der Waals surface area contributed by atoms with Gasteiger partial charge in [-0.3, -0.25) is 9.59 Å². The van der Waals surface area contributed by atoms with Gasteiger partial charge in [-0.15, -0.1) is 0 Å². The summed E-state index contributed by atoms with van der Waals surface area (Å²) in [5, 5.41) is 11.7. The average Bonchev–Trinajstić information content (AvgIpc) is 2.65. The summed E-state index contributed by atoms with van der Waals surface area (Å²) in [7, 11) is 0. The van der Waals surface area contributed by atoms with E-state index in [9.17, 15) is 9.59 Å². The first-order valence-electron chi connectivity index (χ1n) is 6.17. The van der Waals surface area contributed by atoms with Gasteiger partial charge in [0.15, 0.2) is 0 Å². The van der Waals surface area contributed by atoms with Crippen molar-refractivity contribution in [3.63, 3.8) is 0 Å². The molecule has 1 fully saturated rings. The molecular weight excluding hydrogens is 220 g/mol. The number of hydrogen-bond donors (Lipinski definition) is 3. The number of amides is 1. The fourth-order valence-electron chi connectivity index (χ4n) is 2.22. The van der Waals surface area contributed by atoms with Crippen molar-refractivity contribution in [3.05, 3.63) is 0 Å². The molecule has 1 amide bonds. The highest BCUT2D eigenvalue weighted by Gasteiger charge is 2.37. The number of nitrogens with one attached hydrogen (secondary N) is 1. The Bertz CT molecular complexity index is 296. The van der Waals surface area contributed by atoms with E-state index in [-0.39, 0.29) is 18.4 Å². The monoisotopic (exact) mass is 242 g/mol. The van der Waals surface area contributed by atoms with Gasteiger partial charge in [-0.1, -0.05) is 26.7 Å². The molecule has 0 aromatic carbocycles. The molecule has 1 unspecified atom stereocenters. The molecule has 1 atom stereocenters. The van der Waals surface area contributed by atoms with Gasteiger partial charge >= 0.3 is 5.97 Å². The highest BCUT2D eigenvalue weighted by Crippen LogP contribution is 2.27. The summed E-state index contributed by atoms with van der Waals surface area (Å²) in [6.07, 6.45) is 3.32. The summed E-state index contributed by atoms with van der Waals surface area (Å²) in [4.78, 5) is 22.9. The van der Waals surface area contributed by atoms with Crippen LogP contribution in [0.5, 0.6) is 0 Å². The SMILES string of the molecule is CC(C)C(CNC(=O)C1(N)CCCC1)C(=O)O. The van der Waals surface area contributed by atoms with Crippen LogP contribution in [-0.2, 0) is 9.59 Å². The van der Waals surface area contributed by atoms with Crippen LogP contribution < -0.4 is 11.1 Å². The third-order valence-electron chi connectivity index (χ3n) is 3.55. The van der Waals surface area contributed by atoms with E-state index in [0.29, 0.717) is 12.8 Å². The molecule has 0 aromatic heterocycles. The fourth-order valence-corrected chi connectivity index (χ4v) is 2.22. The van der Waals surface area contributed by atoms with Gasteiger partial charge in [0, 0.05) is 6.54 Å². The quantitative estimate of drug-likeness (QED) is 0.662. The Kier molecular flexibility index (Phi) is 4.51. The van der Waals surface area contributed by atoms with Crippen LogP contribution in [0.15, 0.2) is 0 Å². The van der Waals surface area contributed by atoms with Gasteiger partial charge in [0.1, 0.15) is 0 Å². The normalized spacial score (nSPS) is 20.2. The lowest BCUT2D eigenvalue weighted by molar-refractivity contribution is -0.143. The van der Waals surface area contributed by atoms with Gasteiger partial charge in [0.25, 0.3) is 0 Å². The molecular formula is C12H22N2O3. The van der Waals surface area contributed by atoms with Crippen molar-refractivity contribution >= 4 is 11.9 Å². The van der Waals surface area contributed by atoms with E-state index >= 15 is 0 Å². The maximum absolute atomic E-state index is 11.9. The molecule has 17 heavy (non-hydrogen) atoms. The number of aliphatic carboxylic acids is 1. The lowest BCUT2D eigenvalue weighted by Crippen LogP contribution is -2.53. The van der Waals surface area contributed by atoms with E-state index in [0.717, 1.165) is 12.8 Å².